The molecule has 10 heteroatoms. The number of hydrogen-bond acceptors (Lipinski definition) is 8. The Labute approximate surface area is 382 Å². The molecule has 0 saturated heterocycles. The third kappa shape index (κ3) is 47.7. The largest absolute Gasteiger partial charge is 0.756 e. The fraction of sp³-hybridized carbons (Fsp3) is 0.846. The molecule has 0 aliphatic rings. The molecule has 9 nitrogen and oxygen atoms in total. The van der Waals surface area contributed by atoms with Crippen LogP contribution in [0.1, 0.15) is 232 Å². The van der Waals surface area contributed by atoms with Crippen LogP contribution in [0.3, 0.4) is 0 Å². The number of quaternary nitrogens is 1. The summed E-state index contributed by atoms with van der Waals surface area (Å²) in [6.45, 7) is 4.23. The molecule has 2 unspecified atom stereocenters. The number of rotatable bonds is 47. The Bertz CT molecular complexity index is 1150. The first-order valence-corrected chi connectivity index (χ1v) is 27.2. The fourth-order valence-corrected chi connectivity index (χ4v) is 7.86. The van der Waals surface area contributed by atoms with E-state index in [-0.39, 0.29) is 32.0 Å². The Morgan fingerprint density at radius 3 is 1.29 bits per heavy atom. The van der Waals surface area contributed by atoms with Crippen LogP contribution < -0.4 is 4.89 Å². The topological polar surface area (TPSA) is 111 Å². The van der Waals surface area contributed by atoms with E-state index in [1.54, 1.807) is 0 Å². The van der Waals surface area contributed by atoms with Crippen LogP contribution in [0.25, 0.3) is 0 Å². The van der Waals surface area contributed by atoms with Gasteiger partial charge in [0.05, 0.1) is 27.7 Å². The number of phosphoric acid groups is 1. The van der Waals surface area contributed by atoms with Crippen LogP contribution in [-0.4, -0.2) is 70.0 Å². The lowest BCUT2D eigenvalue weighted by Gasteiger charge is -2.28. The van der Waals surface area contributed by atoms with Crippen molar-refractivity contribution in [2.24, 2.45) is 0 Å². The van der Waals surface area contributed by atoms with Gasteiger partial charge in [0.2, 0.25) is 0 Å². The van der Waals surface area contributed by atoms with Gasteiger partial charge < -0.3 is 27.9 Å². The van der Waals surface area contributed by atoms with Crippen molar-refractivity contribution < 1.29 is 42.1 Å². The van der Waals surface area contributed by atoms with E-state index in [0.29, 0.717) is 17.4 Å². The van der Waals surface area contributed by atoms with Crippen molar-refractivity contribution in [3.8, 4) is 0 Å². The van der Waals surface area contributed by atoms with Crippen LogP contribution in [0.4, 0.5) is 0 Å². The predicted molar refractivity (Wildman–Crippen MR) is 259 cm³/mol. The molecule has 0 spiro atoms. The Kier molecular flexibility index (Phi) is 43.2. The molecule has 0 amide bonds. The SMILES string of the molecule is CCCCCCC/C=C\C/C=C\C/C=C\CCCCCCCCCCCCCCC(=O)OC(COC(=O)CCCCCCCCCCCCC)COP(=O)([O-])OCC[N+](C)(C)C. The second kappa shape index (κ2) is 44.4. The molecule has 0 aromatic heterocycles. The summed E-state index contributed by atoms with van der Waals surface area (Å²) in [5.74, 6) is -0.830. The van der Waals surface area contributed by atoms with Crippen LogP contribution in [0.2, 0.25) is 0 Å². The number of allylic oxidation sites excluding steroid dienone is 6. The number of esters is 2. The first kappa shape index (κ1) is 60.2. The van der Waals surface area contributed by atoms with E-state index in [9.17, 15) is 19.0 Å². The molecule has 0 aliphatic heterocycles. The lowest BCUT2D eigenvalue weighted by Crippen LogP contribution is -2.37. The smallest absolute Gasteiger partial charge is 0.306 e. The van der Waals surface area contributed by atoms with Gasteiger partial charge in [0.25, 0.3) is 7.82 Å². The van der Waals surface area contributed by atoms with Crippen molar-refractivity contribution in [1.29, 1.82) is 0 Å². The predicted octanol–water partition coefficient (Wildman–Crippen LogP) is 14.6. The number of phosphoric ester groups is 1. The third-order valence-corrected chi connectivity index (χ3v) is 12.1. The van der Waals surface area contributed by atoms with Crippen LogP contribution in [0, 0.1) is 0 Å². The van der Waals surface area contributed by atoms with Gasteiger partial charge in [0.1, 0.15) is 19.8 Å². The molecule has 0 rings (SSSR count). The highest BCUT2D eigenvalue weighted by Gasteiger charge is 2.21. The molecular formula is C52H98NO8P. The molecule has 0 heterocycles. The monoisotopic (exact) mass is 896 g/mol. The minimum atomic E-state index is -4.62. The molecule has 0 radical (unpaired) electrons. The Morgan fingerprint density at radius 2 is 0.871 bits per heavy atom. The Morgan fingerprint density at radius 1 is 0.500 bits per heavy atom. The molecule has 0 saturated carbocycles. The molecule has 0 aromatic carbocycles. The summed E-state index contributed by atoms with van der Waals surface area (Å²) < 4.78 is 34.0. The number of ether oxygens (including phenoxy) is 2. The number of unbranched alkanes of at least 4 members (excludes halogenated alkanes) is 27. The average Bonchev–Trinajstić information content (AvgIpc) is 3.23. The highest BCUT2D eigenvalue weighted by molar-refractivity contribution is 7.45. The molecular weight excluding hydrogens is 798 g/mol. The molecule has 364 valence electrons. The van der Waals surface area contributed by atoms with Crippen molar-refractivity contribution in [2.45, 2.75) is 238 Å². The Balaban J connectivity index is 4.13. The maximum absolute atomic E-state index is 12.7. The quantitative estimate of drug-likeness (QED) is 0.0195. The summed E-state index contributed by atoms with van der Waals surface area (Å²) >= 11 is 0. The van der Waals surface area contributed by atoms with E-state index in [0.717, 1.165) is 51.4 Å². The van der Waals surface area contributed by atoms with Gasteiger partial charge in [-0.05, 0) is 51.4 Å². The summed E-state index contributed by atoms with van der Waals surface area (Å²) in [6.07, 6.45) is 51.8. The number of nitrogens with zero attached hydrogens (tertiary/aromatic N) is 1. The Hall–Kier alpha value is -1.77. The van der Waals surface area contributed by atoms with E-state index in [2.05, 4.69) is 50.3 Å². The van der Waals surface area contributed by atoms with E-state index >= 15 is 0 Å². The van der Waals surface area contributed by atoms with Crippen molar-refractivity contribution in [3.05, 3.63) is 36.5 Å². The standard InChI is InChI=1S/C52H98NO8P/c1-6-8-10-12-14-16-18-19-20-21-22-23-24-25-26-27-28-29-30-31-32-33-35-37-39-41-43-45-52(55)61-50(49-60-62(56,57)59-47-46-53(3,4)5)48-58-51(54)44-42-40-38-36-34-17-15-13-11-9-7-2/h18-19,21-22,24-25,50H,6-17,20,23,26-49H2,1-5H3/b19-18-,22-21-,25-24-. The van der Waals surface area contributed by atoms with Gasteiger partial charge in [0.15, 0.2) is 6.10 Å². The van der Waals surface area contributed by atoms with Gasteiger partial charge in [0, 0.05) is 12.8 Å². The number of carbonyl (C=O) groups is 2. The van der Waals surface area contributed by atoms with Crippen molar-refractivity contribution in [3.63, 3.8) is 0 Å². The van der Waals surface area contributed by atoms with Crippen LogP contribution in [-0.2, 0) is 32.7 Å². The summed E-state index contributed by atoms with van der Waals surface area (Å²) in [7, 11) is 1.17. The third-order valence-electron chi connectivity index (χ3n) is 11.2. The highest BCUT2D eigenvalue weighted by atomic mass is 31.2. The van der Waals surface area contributed by atoms with E-state index in [1.807, 2.05) is 21.1 Å². The lowest BCUT2D eigenvalue weighted by molar-refractivity contribution is -0.870. The number of likely N-dealkylation sites (N-methyl/N-ethyl adjacent to an activating group) is 1. The van der Waals surface area contributed by atoms with Crippen molar-refractivity contribution in [1.82, 2.24) is 0 Å². The number of carbonyl (C=O) groups excluding carboxylic acids is 2. The second-order valence-electron chi connectivity index (χ2n) is 18.5. The molecule has 0 aromatic rings. The molecule has 62 heavy (non-hydrogen) atoms. The minimum Gasteiger partial charge on any atom is -0.756 e. The second-order valence-corrected chi connectivity index (χ2v) is 20.0. The van der Waals surface area contributed by atoms with Crippen LogP contribution in [0.5, 0.6) is 0 Å². The fourth-order valence-electron chi connectivity index (χ4n) is 7.13. The van der Waals surface area contributed by atoms with Crippen molar-refractivity contribution >= 4 is 19.8 Å². The summed E-state index contributed by atoms with van der Waals surface area (Å²) in [5.41, 5.74) is 0. The summed E-state index contributed by atoms with van der Waals surface area (Å²) in [6, 6.07) is 0. The molecule has 0 fully saturated rings. The van der Waals surface area contributed by atoms with Crippen LogP contribution in [0.15, 0.2) is 36.5 Å². The van der Waals surface area contributed by atoms with Crippen LogP contribution >= 0.6 is 7.82 Å². The first-order valence-electron chi connectivity index (χ1n) is 25.7. The summed E-state index contributed by atoms with van der Waals surface area (Å²) in [5, 5.41) is 0. The van der Waals surface area contributed by atoms with E-state index in [1.165, 1.54) is 148 Å². The van der Waals surface area contributed by atoms with Gasteiger partial charge in [-0.1, -0.05) is 204 Å². The van der Waals surface area contributed by atoms with Gasteiger partial charge >= 0.3 is 11.9 Å². The average molecular weight is 896 g/mol. The summed E-state index contributed by atoms with van der Waals surface area (Å²) in [4.78, 5) is 37.6. The zero-order valence-corrected chi connectivity index (χ0v) is 42.0. The normalized spacial score (nSPS) is 13.7. The number of hydrogen-bond donors (Lipinski definition) is 0. The molecule has 0 aliphatic carbocycles. The lowest BCUT2D eigenvalue weighted by atomic mass is 10.0. The first-order chi connectivity index (χ1) is 30.0. The molecule has 0 bridgehead atoms. The molecule has 2 atom stereocenters. The maximum Gasteiger partial charge on any atom is 0.306 e. The van der Waals surface area contributed by atoms with Crippen molar-refractivity contribution in [2.75, 3.05) is 47.5 Å². The molecule has 0 N–H and O–H groups in total. The van der Waals surface area contributed by atoms with E-state index in [4.69, 9.17) is 18.5 Å². The zero-order valence-electron chi connectivity index (χ0n) is 41.1. The maximum atomic E-state index is 12.7. The van der Waals surface area contributed by atoms with Gasteiger partial charge in [-0.3, -0.25) is 14.2 Å². The minimum absolute atomic E-state index is 0.0299. The van der Waals surface area contributed by atoms with Gasteiger partial charge in [-0.15, -0.1) is 0 Å². The van der Waals surface area contributed by atoms with E-state index < -0.39 is 26.5 Å². The van der Waals surface area contributed by atoms with Gasteiger partial charge in [-0.2, -0.15) is 0 Å². The highest BCUT2D eigenvalue weighted by Crippen LogP contribution is 2.38. The zero-order chi connectivity index (χ0) is 45.7. The van der Waals surface area contributed by atoms with Gasteiger partial charge in [-0.25, -0.2) is 0 Å².